The molecule has 1 amide bonds. The third kappa shape index (κ3) is 4.03. The predicted molar refractivity (Wildman–Crippen MR) is 83.6 cm³/mol. The molecule has 0 bridgehead atoms. The summed E-state index contributed by atoms with van der Waals surface area (Å²) < 4.78 is 26.1. The molecule has 1 atom stereocenters. The molecule has 7 heteroatoms. The Kier molecular flexibility index (Phi) is 5.49. The summed E-state index contributed by atoms with van der Waals surface area (Å²) in [4.78, 5) is 12.3. The zero-order chi connectivity index (χ0) is 16.3. The molecule has 1 rings (SSSR count). The van der Waals surface area contributed by atoms with Gasteiger partial charge in [-0.2, -0.15) is 0 Å². The van der Waals surface area contributed by atoms with Crippen LogP contribution in [0.15, 0.2) is 23.1 Å². The van der Waals surface area contributed by atoms with E-state index in [4.69, 9.17) is 5.73 Å². The van der Waals surface area contributed by atoms with Gasteiger partial charge in [0.1, 0.15) is 0 Å². The van der Waals surface area contributed by atoms with Crippen LogP contribution in [0.2, 0.25) is 0 Å². The summed E-state index contributed by atoms with van der Waals surface area (Å²) in [5.74, 6) is -0.327. The fourth-order valence-electron chi connectivity index (χ4n) is 2.05. The van der Waals surface area contributed by atoms with Gasteiger partial charge in [-0.3, -0.25) is 4.79 Å². The summed E-state index contributed by atoms with van der Waals surface area (Å²) in [6, 6.07) is 4.73. The molecule has 0 spiro atoms. The van der Waals surface area contributed by atoms with E-state index < -0.39 is 15.6 Å². The lowest BCUT2D eigenvalue weighted by molar-refractivity contribution is -0.120. The van der Waals surface area contributed by atoms with E-state index >= 15 is 0 Å². The monoisotopic (exact) mass is 313 g/mol. The molecule has 0 fully saturated rings. The van der Waals surface area contributed by atoms with Crippen LogP contribution in [0.5, 0.6) is 0 Å². The molecule has 0 saturated heterocycles. The number of carbonyl (C=O) groups excluding carboxylic acids is 1. The molecule has 0 radical (unpaired) electrons. The first-order valence-corrected chi connectivity index (χ1v) is 8.27. The van der Waals surface area contributed by atoms with Gasteiger partial charge in [-0.15, -0.1) is 0 Å². The van der Waals surface area contributed by atoms with Crippen LogP contribution in [0, 0.1) is 6.92 Å². The van der Waals surface area contributed by atoms with Gasteiger partial charge in [-0.05, 0) is 45.0 Å². The van der Waals surface area contributed by atoms with Crippen LogP contribution in [0.1, 0.15) is 32.3 Å². The minimum Gasteiger partial charge on any atom is -0.324 e. The topological polar surface area (TPSA) is 101 Å². The van der Waals surface area contributed by atoms with Crippen LogP contribution in [0.25, 0.3) is 0 Å². The molecule has 0 aromatic heterocycles. The molecule has 118 valence electrons. The maximum absolute atomic E-state index is 12.2. The lowest BCUT2D eigenvalue weighted by Crippen LogP contribution is -2.48. The Morgan fingerprint density at radius 1 is 1.38 bits per heavy atom. The first-order valence-electron chi connectivity index (χ1n) is 6.79. The summed E-state index contributed by atoms with van der Waals surface area (Å²) in [5.41, 5.74) is 5.92. The average molecular weight is 313 g/mol. The van der Waals surface area contributed by atoms with Crippen molar-refractivity contribution < 1.29 is 13.2 Å². The molecule has 0 aliphatic carbocycles. The second kappa shape index (κ2) is 6.55. The fourth-order valence-corrected chi connectivity index (χ4v) is 3.04. The second-order valence-electron chi connectivity index (χ2n) is 5.26. The van der Waals surface area contributed by atoms with Crippen LogP contribution in [-0.4, -0.2) is 26.9 Å². The van der Waals surface area contributed by atoms with E-state index in [9.17, 15) is 13.2 Å². The number of hydrogen-bond acceptors (Lipinski definition) is 4. The molecule has 4 N–H and O–H groups in total. The number of sulfonamides is 1. The van der Waals surface area contributed by atoms with Crippen molar-refractivity contribution in [2.45, 2.75) is 44.0 Å². The number of amides is 1. The average Bonchev–Trinajstić information content (AvgIpc) is 2.40. The van der Waals surface area contributed by atoms with Gasteiger partial charge in [-0.25, -0.2) is 13.1 Å². The molecule has 0 aliphatic heterocycles. The smallest absolute Gasteiger partial charge is 0.244 e. The van der Waals surface area contributed by atoms with Crippen molar-refractivity contribution in [1.29, 1.82) is 0 Å². The molecular weight excluding hydrogens is 290 g/mol. The van der Waals surface area contributed by atoms with Gasteiger partial charge < -0.3 is 11.1 Å². The summed E-state index contributed by atoms with van der Waals surface area (Å²) in [6.45, 7) is 5.26. The molecule has 1 unspecified atom stereocenters. The molecule has 0 aliphatic rings. The number of nitrogens with two attached hydrogens (primary N) is 1. The Bertz CT molecular complexity index is 624. The molecule has 1 aromatic carbocycles. The maximum Gasteiger partial charge on any atom is 0.244 e. The van der Waals surface area contributed by atoms with Crippen molar-refractivity contribution >= 4 is 21.6 Å². The summed E-state index contributed by atoms with van der Waals surface area (Å²) in [5, 5.41) is 2.72. The van der Waals surface area contributed by atoms with E-state index in [1.165, 1.54) is 13.1 Å². The Hall–Kier alpha value is -1.44. The van der Waals surface area contributed by atoms with Crippen LogP contribution < -0.4 is 15.8 Å². The van der Waals surface area contributed by atoms with Gasteiger partial charge in [0.25, 0.3) is 0 Å². The van der Waals surface area contributed by atoms with E-state index in [0.29, 0.717) is 17.7 Å². The third-order valence-corrected chi connectivity index (χ3v) is 4.94. The normalized spacial score (nSPS) is 14.5. The Balaban J connectivity index is 3.12. The van der Waals surface area contributed by atoms with E-state index in [-0.39, 0.29) is 10.8 Å². The van der Waals surface area contributed by atoms with Crippen molar-refractivity contribution in [3.8, 4) is 0 Å². The lowest BCUT2D eigenvalue weighted by Gasteiger charge is -2.23. The van der Waals surface area contributed by atoms with Gasteiger partial charge >= 0.3 is 0 Å². The van der Waals surface area contributed by atoms with E-state index in [1.807, 2.05) is 6.92 Å². The zero-order valence-corrected chi connectivity index (χ0v) is 13.7. The van der Waals surface area contributed by atoms with Crippen LogP contribution in [-0.2, 0) is 14.8 Å². The molecule has 21 heavy (non-hydrogen) atoms. The molecule has 0 heterocycles. The Labute approximate surface area is 126 Å². The SMILES string of the molecule is CCCC(C)(N)C(=O)Nc1cccc(S(=O)(=O)NC)c1C. The second-order valence-corrected chi connectivity index (χ2v) is 7.11. The standard InChI is InChI=1S/C14H23N3O3S/c1-5-9-14(3,15)13(18)17-11-7-6-8-12(10(11)2)21(19,20)16-4/h6-8,16H,5,9,15H2,1-4H3,(H,17,18). The molecule has 1 aromatic rings. The number of nitrogens with one attached hydrogen (secondary N) is 2. The van der Waals surface area contributed by atoms with Crippen LogP contribution in [0.4, 0.5) is 5.69 Å². The third-order valence-electron chi connectivity index (χ3n) is 3.38. The highest BCUT2D eigenvalue weighted by molar-refractivity contribution is 7.89. The first-order chi connectivity index (χ1) is 9.65. The number of hydrogen-bond donors (Lipinski definition) is 3. The molecule has 6 nitrogen and oxygen atoms in total. The van der Waals surface area contributed by atoms with Crippen LogP contribution >= 0.6 is 0 Å². The highest BCUT2D eigenvalue weighted by atomic mass is 32.2. The van der Waals surface area contributed by atoms with Gasteiger partial charge in [0.05, 0.1) is 10.4 Å². The predicted octanol–water partition coefficient (Wildman–Crippen LogP) is 1.36. The maximum atomic E-state index is 12.2. The molecule has 0 saturated carbocycles. The quantitative estimate of drug-likeness (QED) is 0.738. The summed E-state index contributed by atoms with van der Waals surface area (Å²) in [6.07, 6.45) is 1.33. The van der Waals surface area contributed by atoms with E-state index in [2.05, 4.69) is 10.0 Å². The van der Waals surface area contributed by atoms with E-state index in [1.54, 1.807) is 26.0 Å². The molecular formula is C14H23N3O3S. The zero-order valence-electron chi connectivity index (χ0n) is 12.9. The van der Waals surface area contributed by atoms with Gasteiger partial charge in [0.15, 0.2) is 0 Å². The summed E-state index contributed by atoms with van der Waals surface area (Å²) >= 11 is 0. The number of carbonyl (C=O) groups is 1. The number of benzene rings is 1. The van der Waals surface area contributed by atoms with Gasteiger partial charge in [0, 0.05) is 5.69 Å². The van der Waals surface area contributed by atoms with Crippen LogP contribution in [0.3, 0.4) is 0 Å². The minimum absolute atomic E-state index is 0.136. The lowest BCUT2D eigenvalue weighted by atomic mass is 9.96. The highest BCUT2D eigenvalue weighted by Crippen LogP contribution is 2.24. The summed E-state index contributed by atoms with van der Waals surface area (Å²) in [7, 11) is -2.22. The van der Waals surface area contributed by atoms with Crippen molar-refractivity contribution in [1.82, 2.24) is 4.72 Å². The van der Waals surface area contributed by atoms with Crippen molar-refractivity contribution in [2.75, 3.05) is 12.4 Å². The van der Waals surface area contributed by atoms with Crippen molar-refractivity contribution in [3.05, 3.63) is 23.8 Å². The van der Waals surface area contributed by atoms with Crippen molar-refractivity contribution in [3.63, 3.8) is 0 Å². The number of rotatable bonds is 6. The number of anilines is 1. The minimum atomic E-state index is -3.57. The Morgan fingerprint density at radius 2 is 2.00 bits per heavy atom. The fraction of sp³-hybridized carbons (Fsp3) is 0.500. The van der Waals surface area contributed by atoms with Gasteiger partial charge in [0.2, 0.25) is 15.9 Å². The van der Waals surface area contributed by atoms with Crippen molar-refractivity contribution in [2.24, 2.45) is 5.73 Å². The largest absolute Gasteiger partial charge is 0.324 e. The highest BCUT2D eigenvalue weighted by Gasteiger charge is 2.28. The Morgan fingerprint density at radius 3 is 2.52 bits per heavy atom. The first kappa shape index (κ1) is 17.6. The van der Waals surface area contributed by atoms with E-state index in [0.717, 1.165) is 6.42 Å². The van der Waals surface area contributed by atoms with Gasteiger partial charge in [-0.1, -0.05) is 19.4 Å².